The lowest BCUT2D eigenvalue weighted by atomic mass is 9.93. The molecule has 7 nitrogen and oxygen atoms in total. The number of aromatic nitrogens is 2. The van der Waals surface area contributed by atoms with Crippen molar-refractivity contribution >= 4 is 5.82 Å². The van der Waals surface area contributed by atoms with Gasteiger partial charge in [-0.1, -0.05) is 6.08 Å². The van der Waals surface area contributed by atoms with Crippen molar-refractivity contribution in [2.45, 2.75) is 30.5 Å². The minimum atomic E-state index is -1.88. The summed E-state index contributed by atoms with van der Waals surface area (Å²) >= 11 is 0. The average Bonchev–Trinajstić information content (AvgIpc) is 2.65. The molecule has 0 spiro atoms. The normalized spacial score (nSPS) is 33.2. The van der Waals surface area contributed by atoms with Crippen molar-refractivity contribution < 1.29 is 19.3 Å². The number of aliphatic hydroxyl groups excluding tert-OH is 2. The molecule has 4 N–H and O–H groups in total. The zero-order valence-electron chi connectivity index (χ0n) is 10.6. The summed E-state index contributed by atoms with van der Waals surface area (Å²) in [6, 6.07) is 1.32. The number of ether oxygens (including phenoxy) is 1. The lowest BCUT2D eigenvalue weighted by Crippen LogP contribution is -2.45. The van der Waals surface area contributed by atoms with Crippen molar-refractivity contribution in [3.63, 3.8) is 0 Å². The average molecular weight is 285 g/mol. The maximum absolute atomic E-state index is 14.2. The van der Waals surface area contributed by atoms with E-state index in [2.05, 4.69) is 11.6 Å². The largest absolute Gasteiger partial charge is 0.393 e. The van der Waals surface area contributed by atoms with Gasteiger partial charge in [0.05, 0.1) is 6.61 Å². The Kier molecular flexibility index (Phi) is 3.89. The Bertz CT molecular complexity index is 564. The van der Waals surface area contributed by atoms with Crippen LogP contribution in [0, 0.1) is 0 Å². The summed E-state index contributed by atoms with van der Waals surface area (Å²) in [7, 11) is 0. The second-order valence-corrected chi connectivity index (χ2v) is 4.66. The molecular formula is C12H16FN3O4. The van der Waals surface area contributed by atoms with E-state index >= 15 is 0 Å². The van der Waals surface area contributed by atoms with Gasteiger partial charge in [-0.2, -0.15) is 4.98 Å². The van der Waals surface area contributed by atoms with E-state index in [1.165, 1.54) is 18.3 Å². The Morgan fingerprint density at radius 1 is 1.70 bits per heavy atom. The number of hydrogen-bond donors (Lipinski definition) is 3. The molecule has 1 fully saturated rings. The summed E-state index contributed by atoms with van der Waals surface area (Å²) in [5.41, 5.74) is 3.04. The molecule has 0 bridgehead atoms. The van der Waals surface area contributed by atoms with E-state index in [-0.39, 0.29) is 12.2 Å². The second-order valence-electron chi connectivity index (χ2n) is 4.66. The molecule has 110 valence electrons. The molecular weight excluding hydrogens is 269 g/mol. The SMILES string of the molecule is C=CC[C@]1(CO)O[C@@H](n2ccc(N)nc2=O)C(F)C1O. The van der Waals surface area contributed by atoms with E-state index in [0.717, 1.165) is 4.57 Å². The van der Waals surface area contributed by atoms with Crippen LogP contribution in [0.3, 0.4) is 0 Å². The highest BCUT2D eigenvalue weighted by molar-refractivity contribution is 5.23. The Balaban J connectivity index is 2.39. The maximum Gasteiger partial charge on any atom is 0.351 e. The van der Waals surface area contributed by atoms with E-state index < -0.39 is 36.4 Å². The molecule has 1 saturated heterocycles. The van der Waals surface area contributed by atoms with Gasteiger partial charge in [-0.15, -0.1) is 6.58 Å². The van der Waals surface area contributed by atoms with Crippen LogP contribution in [-0.2, 0) is 4.74 Å². The van der Waals surface area contributed by atoms with Gasteiger partial charge in [0.25, 0.3) is 0 Å². The van der Waals surface area contributed by atoms with Crippen molar-refractivity contribution in [3.8, 4) is 0 Å². The van der Waals surface area contributed by atoms with Crippen LogP contribution >= 0.6 is 0 Å². The third-order valence-electron chi connectivity index (χ3n) is 3.35. The summed E-state index contributed by atoms with van der Waals surface area (Å²) in [6.45, 7) is 2.88. The smallest absolute Gasteiger partial charge is 0.351 e. The van der Waals surface area contributed by atoms with Crippen LogP contribution in [0.1, 0.15) is 12.6 Å². The zero-order chi connectivity index (χ0) is 14.9. The number of rotatable bonds is 4. The fraction of sp³-hybridized carbons (Fsp3) is 0.500. The predicted octanol–water partition coefficient (Wildman–Crippen LogP) is -0.640. The third-order valence-corrected chi connectivity index (χ3v) is 3.35. The summed E-state index contributed by atoms with van der Waals surface area (Å²) in [6.07, 6.45) is -2.17. The number of aliphatic hydroxyl groups is 2. The lowest BCUT2D eigenvalue weighted by Gasteiger charge is -2.28. The van der Waals surface area contributed by atoms with Gasteiger partial charge in [0, 0.05) is 6.20 Å². The van der Waals surface area contributed by atoms with Crippen molar-refractivity contribution in [1.82, 2.24) is 9.55 Å². The molecule has 20 heavy (non-hydrogen) atoms. The number of hydrogen-bond acceptors (Lipinski definition) is 6. The molecule has 4 atom stereocenters. The summed E-state index contributed by atoms with van der Waals surface area (Å²) in [4.78, 5) is 15.2. The number of anilines is 1. The predicted molar refractivity (Wildman–Crippen MR) is 68.6 cm³/mol. The van der Waals surface area contributed by atoms with E-state index in [1.807, 2.05) is 0 Å². The van der Waals surface area contributed by atoms with Gasteiger partial charge in [-0.3, -0.25) is 4.57 Å². The molecule has 2 heterocycles. The molecule has 1 aliphatic heterocycles. The number of nitrogens with zero attached hydrogens (tertiary/aromatic N) is 2. The highest BCUT2D eigenvalue weighted by atomic mass is 19.1. The van der Waals surface area contributed by atoms with Gasteiger partial charge in [0.15, 0.2) is 12.4 Å². The molecule has 0 saturated carbocycles. The van der Waals surface area contributed by atoms with Gasteiger partial charge in [0.1, 0.15) is 17.5 Å². The van der Waals surface area contributed by atoms with E-state index in [0.29, 0.717) is 0 Å². The molecule has 0 amide bonds. The molecule has 2 unspecified atom stereocenters. The first-order valence-electron chi connectivity index (χ1n) is 6.01. The van der Waals surface area contributed by atoms with E-state index in [9.17, 15) is 19.4 Å². The van der Waals surface area contributed by atoms with E-state index in [4.69, 9.17) is 10.5 Å². The Morgan fingerprint density at radius 3 is 2.95 bits per heavy atom. The fourth-order valence-electron chi connectivity index (χ4n) is 2.26. The first-order valence-corrected chi connectivity index (χ1v) is 6.01. The molecule has 0 aliphatic carbocycles. The maximum atomic E-state index is 14.2. The van der Waals surface area contributed by atoms with Crippen molar-refractivity contribution in [2.75, 3.05) is 12.3 Å². The molecule has 8 heteroatoms. The number of nitrogens with two attached hydrogens (primary N) is 1. The first kappa shape index (κ1) is 14.6. The topological polar surface area (TPSA) is 111 Å². The first-order chi connectivity index (χ1) is 9.45. The summed E-state index contributed by atoms with van der Waals surface area (Å²) in [5, 5.41) is 19.3. The Hall–Kier alpha value is -1.77. The highest BCUT2D eigenvalue weighted by Crippen LogP contribution is 2.40. The van der Waals surface area contributed by atoms with Crippen LogP contribution in [-0.4, -0.2) is 44.2 Å². The van der Waals surface area contributed by atoms with Gasteiger partial charge in [-0.25, -0.2) is 9.18 Å². The van der Waals surface area contributed by atoms with Crippen LogP contribution in [0.4, 0.5) is 10.2 Å². The van der Waals surface area contributed by atoms with Gasteiger partial charge < -0.3 is 20.7 Å². The summed E-state index contributed by atoms with van der Waals surface area (Å²) < 4.78 is 20.5. The monoisotopic (exact) mass is 285 g/mol. The minimum Gasteiger partial charge on any atom is -0.393 e. The standard InChI is InChI=1S/C12H16FN3O4/c1-2-4-12(6-17)9(18)8(13)10(20-12)16-5-3-7(14)15-11(16)19/h2-3,5,8-10,17-18H,1,4,6H2,(H2,14,15,19)/t8?,9?,10-,12-/m1/s1. The number of nitrogen functional groups attached to an aromatic ring is 1. The highest BCUT2D eigenvalue weighted by Gasteiger charge is 2.55. The quantitative estimate of drug-likeness (QED) is 0.635. The lowest BCUT2D eigenvalue weighted by molar-refractivity contribution is -0.126. The number of halogens is 1. The minimum absolute atomic E-state index is 0.000262. The molecule has 0 radical (unpaired) electrons. The molecule has 2 rings (SSSR count). The van der Waals surface area contributed by atoms with Crippen molar-refractivity contribution in [2.24, 2.45) is 0 Å². The molecule has 1 aromatic heterocycles. The van der Waals surface area contributed by atoms with Crippen LogP contribution in [0.5, 0.6) is 0 Å². The van der Waals surface area contributed by atoms with Crippen LogP contribution in [0.15, 0.2) is 29.7 Å². The van der Waals surface area contributed by atoms with Crippen molar-refractivity contribution in [3.05, 3.63) is 35.4 Å². The fourth-order valence-corrected chi connectivity index (χ4v) is 2.26. The second kappa shape index (κ2) is 5.31. The van der Waals surface area contributed by atoms with Gasteiger partial charge >= 0.3 is 5.69 Å². The van der Waals surface area contributed by atoms with Crippen LogP contribution < -0.4 is 11.4 Å². The van der Waals surface area contributed by atoms with Gasteiger partial charge in [-0.05, 0) is 12.5 Å². The van der Waals surface area contributed by atoms with Crippen molar-refractivity contribution in [1.29, 1.82) is 0 Å². The molecule has 1 aliphatic rings. The van der Waals surface area contributed by atoms with Crippen LogP contribution in [0.2, 0.25) is 0 Å². The van der Waals surface area contributed by atoms with E-state index in [1.54, 1.807) is 0 Å². The third kappa shape index (κ3) is 2.21. The number of alkyl halides is 1. The van der Waals surface area contributed by atoms with Crippen LogP contribution in [0.25, 0.3) is 0 Å². The Labute approximate surface area is 114 Å². The Morgan fingerprint density at radius 2 is 2.40 bits per heavy atom. The summed E-state index contributed by atoms with van der Waals surface area (Å²) in [5.74, 6) is -0.000262. The molecule has 0 aromatic carbocycles. The van der Waals surface area contributed by atoms with Gasteiger partial charge in [0.2, 0.25) is 0 Å². The molecule has 1 aromatic rings. The zero-order valence-corrected chi connectivity index (χ0v) is 10.6.